The summed E-state index contributed by atoms with van der Waals surface area (Å²) in [6.45, 7) is 3.34. The quantitative estimate of drug-likeness (QED) is 0.850. The lowest BCUT2D eigenvalue weighted by Crippen LogP contribution is -2.38. The van der Waals surface area contributed by atoms with E-state index in [0.29, 0.717) is 30.2 Å². The first-order valence-corrected chi connectivity index (χ1v) is 9.60. The highest BCUT2D eigenvalue weighted by Crippen LogP contribution is 2.28. The molecule has 1 heterocycles. The molecule has 0 aliphatic carbocycles. The molecular formula is C18H20FNO3S. The molecule has 0 aromatic heterocycles. The van der Waals surface area contributed by atoms with E-state index < -0.39 is 9.84 Å². The molecule has 4 nitrogen and oxygen atoms in total. The molecule has 0 radical (unpaired) electrons. The second kappa shape index (κ2) is 6.91. The van der Waals surface area contributed by atoms with Crippen LogP contribution in [-0.2, 0) is 14.6 Å². The van der Waals surface area contributed by atoms with E-state index in [2.05, 4.69) is 4.90 Å². The zero-order valence-corrected chi connectivity index (χ0v) is 14.3. The molecule has 128 valence electrons. The van der Waals surface area contributed by atoms with Crippen LogP contribution in [0.4, 0.5) is 10.1 Å². The maximum atomic E-state index is 14.0. The van der Waals surface area contributed by atoms with Crippen molar-refractivity contribution in [1.29, 1.82) is 0 Å². The average Bonchev–Trinajstić information content (AvgIpc) is 2.62. The molecule has 1 saturated heterocycles. The molecule has 3 rings (SSSR count). The number of anilines is 1. The number of halogens is 1. The molecule has 0 N–H and O–H groups in total. The summed E-state index contributed by atoms with van der Waals surface area (Å²) in [5.41, 5.74) is 1.46. The molecule has 24 heavy (non-hydrogen) atoms. The van der Waals surface area contributed by atoms with E-state index >= 15 is 0 Å². The zero-order chi connectivity index (χ0) is 17.2. The second-order valence-electron chi connectivity index (χ2n) is 5.72. The Balaban J connectivity index is 1.79. The molecule has 1 aliphatic heterocycles. The van der Waals surface area contributed by atoms with Gasteiger partial charge in [0.1, 0.15) is 11.9 Å². The Hall–Kier alpha value is -1.92. The number of hydrogen-bond donors (Lipinski definition) is 0. The zero-order valence-electron chi connectivity index (χ0n) is 13.5. The Morgan fingerprint density at radius 1 is 1.17 bits per heavy atom. The fraction of sp³-hybridized carbons (Fsp3) is 0.333. The summed E-state index contributed by atoms with van der Waals surface area (Å²) < 4.78 is 43.5. The van der Waals surface area contributed by atoms with Crippen molar-refractivity contribution in [3.8, 4) is 0 Å². The van der Waals surface area contributed by atoms with E-state index in [4.69, 9.17) is 4.74 Å². The summed E-state index contributed by atoms with van der Waals surface area (Å²) in [7, 11) is -3.20. The molecule has 1 aliphatic rings. The summed E-state index contributed by atoms with van der Waals surface area (Å²) in [5, 5.41) is 0. The van der Waals surface area contributed by atoms with Crippen molar-refractivity contribution in [2.24, 2.45) is 0 Å². The van der Waals surface area contributed by atoms with Gasteiger partial charge in [0.15, 0.2) is 9.84 Å². The Morgan fingerprint density at radius 2 is 1.88 bits per heavy atom. The molecule has 0 saturated carbocycles. The van der Waals surface area contributed by atoms with Crippen LogP contribution < -0.4 is 4.90 Å². The Kier molecular flexibility index (Phi) is 4.87. The van der Waals surface area contributed by atoms with E-state index in [9.17, 15) is 12.8 Å². The molecule has 0 amide bonds. The lowest BCUT2D eigenvalue weighted by atomic mass is 10.1. The van der Waals surface area contributed by atoms with Gasteiger partial charge in [-0.3, -0.25) is 0 Å². The normalized spacial score (nSPS) is 18.6. The van der Waals surface area contributed by atoms with Crippen LogP contribution in [0.2, 0.25) is 0 Å². The van der Waals surface area contributed by atoms with Gasteiger partial charge in [-0.1, -0.05) is 25.1 Å². The van der Waals surface area contributed by atoms with Crippen LogP contribution in [0, 0.1) is 5.82 Å². The standard InChI is InChI=1S/C18H20FNO3S/c1-2-24(21,22)15-9-7-14(8-10-15)20-11-12-23-18(13-20)16-5-3-4-6-17(16)19/h3-10,18H,2,11-13H2,1H3/t18-/m1/s1. The molecule has 0 spiro atoms. The number of rotatable bonds is 4. The summed E-state index contributed by atoms with van der Waals surface area (Å²) in [4.78, 5) is 2.41. The van der Waals surface area contributed by atoms with Crippen molar-refractivity contribution in [3.63, 3.8) is 0 Å². The van der Waals surface area contributed by atoms with Crippen molar-refractivity contribution in [1.82, 2.24) is 0 Å². The monoisotopic (exact) mass is 349 g/mol. The first-order valence-electron chi connectivity index (χ1n) is 7.95. The predicted molar refractivity (Wildman–Crippen MR) is 91.5 cm³/mol. The first kappa shape index (κ1) is 16.9. The highest BCUT2D eigenvalue weighted by molar-refractivity contribution is 7.91. The maximum absolute atomic E-state index is 14.0. The minimum Gasteiger partial charge on any atom is -0.370 e. The van der Waals surface area contributed by atoms with Gasteiger partial charge in [0.2, 0.25) is 0 Å². The Morgan fingerprint density at radius 3 is 2.54 bits per heavy atom. The van der Waals surface area contributed by atoms with Gasteiger partial charge in [0, 0.05) is 24.3 Å². The van der Waals surface area contributed by atoms with E-state index in [-0.39, 0.29) is 17.7 Å². The van der Waals surface area contributed by atoms with Crippen molar-refractivity contribution in [3.05, 3.63) is 59.9 Å². The smallest absolute Gasteiger partial charge is 0.178 e. The summed E-state index contributed by atoms with van der Waals surface area (Å²) in [5.74, 6) is -0.187. The molecule has 6 heteroatoms. The van der Waals surface area contributed by atoms with E-state index in [0.717, 1.165) is 5.69 Å². The topological polar surface area (TPSA) is 46.6 Å². The minimum absolute atomic E-state index is 0.0826. The van der Waals surface area contributed by atoms with Gasteiger partial charge in [-0.05, 0) is 30.3 Å². The van der Waals surface area contributed by atoms with E-state index in [1.165, 1.54) is 6.07 Å². The second-order valence-corrected chi connectivity index (χ2v) is 8.00. The van der Waals surface area contributed by atoms with Gasteiger partial charge in [0.05, 0.1) is 17.3 Å². The molecule has 1 fully saturated rings. The third-order valence-electron chi connectivity index (χ3n) is 4.26. The van der Waals surface area contributed by atoms with E-state index in [1.54, 1.807) is 49.4 Å². The summed E-state index contributed by atoms with van der Waals surface area (Å²) >= 11 is 0. The molecule has 1 atom stereocenters. The van der Waals surface area contributed by atoms with Crippen LogP contribution in [0.5, 0.6) is 0 Å². The summed E-state index contributed by atoms with van der Waals surface area (Å²) in [6.07, 6.45) is -0.334. The Bertz CT molecular complexity index is 805. The molecular weight excluding hydrogens is 329 g/mol. The molecule has 2 aromatic carbocycles. The number of sulfone groups is 1. The number of nitrogens with zero attached hydrogens (tertiary/aromatic N) is 1. The summed E-state index contributed by atoms with van der Waals surface area (Å²) in [6, 6.07) is 13.5. The van der Waals surface area contributed by atoms with Crippen LogP contribution in [0.15, 0.2) is 53.4 Å². The number of ether oxygens (including phenoxy) is 1. The number of hydrogen-bond acceptors (Lipinski definition) is 4. The fourth-order valence-electron chi connectivity index (χ4n) is 2.84. The van der Waals surface area contributed by atoms with Gasteiger partial charge in [0.25, 0.3) is 0 Å². The van der Waals surface area contributed by atoms with Gasteiger partial charge >= 0.3 is 0 Å². The van der Waals surface area contributed by atoms with Crippen LogP contribution in [0.1, 0.15) is 18.6 Å². The van der Waals surface area contributed by atoms with Crippen LogP contribution in [-0.4, -0.2) is 33.9 Å². The fourth-order valence-corrected chi connectivity index (χ4v) is 3.72. The van der Waals surface area contributed by atoms with Crippen molar-refractivity contribution >= 4 is 15.5 Å². The lowest BCUT2D eigenvalue weighted by Gasteiger charge is -2.35. The number of morpholine rings is 1. The highest BCUT2D eigenvalue weighted by atomic mass is 32.2. The SMILES string of the molecule is CCS(=O)(=O)c1ccc(N2CCO[C@@H](c3ccccc3F)C2)cc1. The molecule has 0 bridgehead atoms. The lowest BCUT2D eigenvalue weighted by molar-refractivity contribution is 0.0375. The maximum Gasteiger partial charge on any atom is 0.178 e. The average molecular weight is 349 g/mol. The third-order valence-corrected chi connectivity index (χ3v) is 6.01. The number of benzene rings is 2. The van der Waals surface area contributed by atoms with Crippen LogP contribution >= 0.6 is 0 Å². The van der Waals surface area contributed by atoms with Crippen molar-refractivity contribution in [2.75, 3.05) is 30.3 Å². The van der Waals surface area contributed by atoms with Crippen molar-refractivity contribution < 1.29 is 17.5 Å². The molecule has 0 unspecified atom stereocenters. The van der Waals surface area contributed by atoms with Crippen LogP contribution in [0.25, 0.3) is 0 Å². The van der Waals surface area contributed by atoms with Crippen LogP contribution in [0.3, 0.4) is 0 Å². The first-order chi connectivity index (χ1) is 11.5. The highest BCUT2D eigenvalue weighted by Gasteiger charge is 2.24. The third kappa shape index (κ3) is 3.44. The van der Waals surface area contributed by atoms with Gasteiger partial charge in [-0.25, -0.2) is 12.8 Å². The Labute approximate surface area is 141 Å². The minimum atomic E-state index is -3.20. The van der Waals surface area contributed by atoms with Gasteiger partial charge < -0.3 is 9.64 Å². The molecule has 2 aromatic rings. The largest absolute Gasteiger partial charge is 0.370 e. The van der Waals surface area contributed by atoms with Gasteiger partial charge in [-0.15, -0.1) is 0 Å². The van der Waals surface area contributed by atoms with E-state index in [1.807, 2.05) is 0 Å². The van der Waals surface area contributed by atoms with Crippen molar-refractivity contribution in [2.45, 2.75) is 17.9 Å². The van der Waals surface area contributed by atoms with Gasteiger partial charge in [-0.2, -0.15) is 0 Å². The predicted octanol–water partition coefficient (Wildman–Crippen LogP) is 3.20.